The van der Waals surface area contributed by atoms with Gasteiger partial charge in [-0.3, -0.25) is 0 Å². The minimum atomic E-state index is -5.27. The van der Waals surface area contributed by atoms with Gasteiger partial charge in [0, 0.05) is 13.1 Å². The van der Waals surface area contributed by atoms with Crippen LogP contribution in [0.2, 0.25) is 0 Å². The van der Waals surface area contributed by atoms with Crippen molar-refractivity contribution >= 4 is 5.95 Å². The second-order valence-corrected chi connectivity index (χ2v) is 3.90. The minimum Gasteiger partial charge on any atom is -0.378 e. The van der Waals surface area contributed by atoms with Crippen molar-refractivity contribution in [3.63, 3.8) is 0 Å². The van der Waals surface area contributed by atoms with E-state index in [1.54, 1.807) is 0 Å². The van der Waals surface area contributed by atoms with Gasteiger partial charge in [0.2, 0.25) is 5.95 Å². The molecule has 0 amide bonds. The fourth-order valence-electron chi connectivity index (χ4n) is 1.60. The summed E-state index contributed by atoms with van der Waals surface area (Å²) in [6.07, 6.45) is -10.5. The summed E-state index contributed by atoms with van der Waals surface area (Å²) in [6, 6.07) is 0. The average molecular weight is 302 g/mol. The Bertz CT molecular complexity index is 482. The van der Waals surface area contributed by atoms with Gasteiger partial charge < -0.3 is 9.64 Å². The molecule has 112 valence electrons. The number of morpholine rings is 1. The van der Waals surface area contributed by atoms with Crippen molar-refractivity contribution in [2.75, 3.05) is 31.2 Å². The van der Waals surface area contributed by atoms with Crippen molar-refractivity contribution in [3.8, 4) is 0 Å². The summed E-state index contributed by atoms with van der Waals surface area (Å²) in [5, 5.41) is 5.78. The summed E-state index contributed by atoms with van der Waals surface area (Å²) in [5.41, 5.74) is -4.22. The highest BCUT2D eigenvalue weighted by molar-refractivity contribution is 5.32. The first-order valence-corrected chi connectivity index (χ1v) is 5.41. The zero-order valence-electron chi connectivity index (χ0n) is 9.79. The summed E-state index contributed by atoms with van der Waals surface area (Å²) in [6.45, 7) is 0.826. The number of rotatable bonds is 1. The Morgan fingerprint density at radius 2 is 1.40 bits per heavy atom. The Hall–Kier alpha value is -1.65. The molecule has 1 aliphatic heterocycles. The van der Waals surface area contributed by atoms with Crippen LogP contribution in [0.15, 0.2) is 0 Å². The first kappa shape index (κ1) is 14.8. The van der Waals surface area contributed by atoms with E-state index in [-0.39, 0.29) is 26.3 Å². The molecule has 1 fully saturated rings. The van der Waals surface area contributed by atoms with Crippen LogP contribution in [0.25, 0.3) is 0 Å². The molecule has 0 bridgehead atoms. The van der Waals surface area contributed by atoms with Crippen LogP contribution in [-0.4, -0.2) is 41.5 Å². The van der Waals surface area contributed by atoms with E-state index in [9.17, 15) is 26.3 Å². The lowest BCUT2D eigenvalue weighted by molar-refractivity contribution is -0.168. The number of alkyl halides is 6. The molecule has 11 heteroatoms. The van der Waals surface area contributed by atoms with E-state index in [0.29, 0.717) is 0 Å². The number of ether oxygens (including phenoxy) is 1. The largest absolute Gasteiger partial charge is 0.437 e. The normalized spacial score (nSPS) is 17.4. The van der Waals surface area contributed by atoms with Gasteiger partial charge in [-0.25, -0.2) is 4.98 Å². The van der Waals surface area contributed by atoms with E-state index in [1.807, 2.05) is 0 Å². The van der Waals surface area contributed by atoms with Crippen LogP contribution in [0.1, 0.15) is 11.4 Å². The van der Waals surface area contributed by atoms with Gasteiger partial charge >= 0.3 is 12.4 Å². The standard InChI is InChI=1S/C9H8F6N4O/c10-8(11,12)5-6(9(13,14)15)17-18-7(16-5)19-1-3-20-4-2-19/h1-4H2. The second kappa shape index (κ2) is 5.04. The Morgan fingerprint density at radius 3 is 1.90 bits per heavy atom. The minimum absolute atomic E-state index is 0.185. The highest BCUT2D eigenvalue weighted by Gasteiger charge is 2.47. The van der Waals surface area contributed by atoms with Gasteiger partial charge in [-0.05, 0) is 0 Å². The molecule has 0 N–H and O–H groups in total. The molecule has 20 heavy (non-hydrogen) atoms. The molecule has 2 heterocycles. The zero-order valence-corrected chi connectivity index (χ0v) is 9.79. The molecule has 1 aliphatic rings. The summed E-state index contributed by atoms with van der Waals surface area (Å²) < 4.78 is 80.4. The summed E-state index contributed by atoms with van der Waals surface area (Å²) >= 11 is 0. The molecule has 0 spiro atoms. The van der Waals surface area contributed by atoms with Crippen molar-refractivity contribution < 1.29 is 31.1 Å². The maximum Gasteiger partial charge on any atom is 0.437 e. The van der Waals surface area contributed by atoms with E-state index in [1.165, 1.54) is 4.90 Å². The van der Waals surface area contributed by atoms with E-state index in [0.717, 1.165) is 0 Å². The molecule has 0 radical (unpaired) electrons. The van der Waals surface area contributed by atoms with Gasteiger partial charge in [-0.1, -0.05) is 0 Å². The summed E-state index contributed by atoms with van der Waals surface area (Å²) in [5.74, 6) is -0.492. The molecule has 5 nitrogen and oxygen atoms in total. The fourth-order valence-corrected chi connectivity index (χ4v) is 1.60. The predicted octanol–water partition coefficient (Wildman–Crippen LogP) is 1.75. The maximum absolute atomic E-state index is 12.7. The monoisotopic (exact) mass is 302 g/mol. The predicted molar refractivity (Wildman–Crippen MR) is 52.9 cm³/mol. The van der Waals surface area contributed by atoms with Crippen LogP contribution in [0.4, 0.5) is 32.3 Å². The van der Waals surface area contributed by atoms with Gasteiger partial charge in [0.25, 0.3) is 0 Å². The summed E-state index contributed by atoms with van der Waals surface area (Å²) in [4.78, 5) is 4.27. The Kier molecular flexibility index (Phi) is 3.71. The molecule has 0 aromatic carbocycles. The van der Waals surface area contributed by atoms with Crippen molar-refractivity contribution in [1.29, 1.82) is 0 Å². The molecule has 0 atom stereocenters. The molecule has 1 saturated heterocycles. The third-order valence-corrected chi connectivity index (χ3v) is 2.51. The van der Waals surface area contributed by atoms with Crippen LogP contribution in [0.5, 0.6) is 0 Å². The zero-order chi connectivity index (χ0) is 15.0. The van der Waals surface area contributed by atoms with Crippen molar-refractivity contribution in [2.45, 2.75) is 12.4 Å². The molecule has 1 aromatic rings. The highest BCUT2D eigenvalue weighted by atomic mass is 19.4. The van der Waals surface area contributed by atoms with E-state index in [2.05, 4.69) is 15.2 Å². The Balaban J connectivity index is 2.43. The van der Waals surface area contributed by atoms with Crippen LogP contribution < -0.4 is 4.90 Å². The topological polar surface area (TPSA) is 51.1 Å². The van der Waals surface area contributed by atoms with Crippen LogP contribution >= 0.6 is 0 Å². The lowest BCUT2D eigenvalue weighted by Gasteiger charge is -2.27. The lowest BCUT2D eigenvalue weighted by atomic mass is 10.3. The Morgan fingerprint density at radius 1 is 0.850 bits per heavy atom. The van der Waals surface area contributed by atoms with Gasteiger partial charge in [-0.2, -0.15) is 26.3 Å². The van der Waals surface area contributed by atoms with Crippen LogP contribution in [0, 0.1) is 0 Å². The van der Waals surface area contributed by atoms with Gasteiger partial charge in [-0.15, -0.1) is 10.2 Å². The third kappa shape index (κ3) is 3.08. The average Bonchev–Trinajstić information content (AvgIpc) is 2.37. The molecule has 1 aromatic heterocycles. The molecular weight excluding hydrogens is 294 g/mol. The molecule has 2 rings (SSSR count). The van der Waals surface area contributed by atoms with Crippen molar-refractivity contribution in [2.24, 2.45) is 0 Å². The quantitative estimate of drug-likeness (QED) is 0.740. The molecule has 0 aliphatic carbocycles. The first-order valence-electron chi connectivity index (χ1n) is 5.41. The number of nitrogens with zero attached hydrogens (tertiary/aromatic N) is 4. The van der Waals surface area contributed by atoms with Crippen LogP contribution in [0.3, 0.4) is 0 Å². The van der Waals surface area contributed by atoms with Gasteiger partial charge in [0.1, 0.15) is 0 Å². The van der Waals surface area contributed by atoms with E-state index >= 15 is 0 Å². The SMILES string of the molecule is FC(F)(F)c1nnc(N2CCOCC2)nc1C(F)(F)F. The molecule has 0 unspecified atom stereocenters. The van der Waals surface area contributed by atoms with Gasteiger partial charge in [0.05, 0.1) is 13.2 Å². The molecular formula is C9H8F6N4O. The molecule has 0 saturated carbocycles. The third-order valence-electron chi connectivity index (χ3n) is 2.51. The Labute approximate surface area is 108 Å². The lowest BCUT2D eigenvalue weighted by Crippen LogP contribution is -2.38. The number of hydrogen-bond acceptors (Lipinski definition) is 5. The first-order chi connectivity index (χ1) is 9.19. The summed E-state index contributed by atoms with van der Waals surface area (Å²) in [7, 11) is 0. The number of aromatic nitrogens is 3. The smallest absolute Gasteiger partial charge is 0.378 e. The highest BCUT2D eigenvalue weighted by Crippen LogP contribution is 2.38. The van der Waals surface area contributed by atoms with Gasteiger partial charge in [0.15, 0.2) is 11.4 Å². The maximum atomic E-state index is 12.7. The second-order valence-electron chi connectivity index (χ2n) is 3.90. The van der Waals surface area contributed by atoms with Crippen molar-refractivity contribution in [1.82, 2.24) is 15.2 Å². The van der Waals surface area contributed by atoms with Crippen LogP contribution in [-0.2, 0) is 17.1 Å². The van der Waals surface area contributed by atoms with E-state index < -0.39 is 29.7 Å². The van der Waals surface area contributed by atoms with E-state index in [4.69, 9.17) is 4.74 Å². The van der Waals surface area contributed by atoms with Crippen molar-refractivity contribution in [3.05, 3.63) is 11.4 Å². The number of anilines is 1. The number of halogens is 6. The number of hydrogen-bond donors (Lipinski definition) is 0. The fraction of sp³-hybridized carbons (Fsp3) is 0.667.